The van der Waals surface area contributed by atoms with Crippen LogP contribution in [0.3, 0.4) is 0 Å². The normalized spacial score (nSPS) is 14.0. The fourth-order valence-electron chi connectivity index (χ4n) is 4.59. The number of anilines is 1. The number of nitrogens with zero attached hydrogens (tertiary/aromatic N) is 2. The number of aryl methyl sites for hydroxylation is 1. The van der Waals surface area contributed by atoms with Crippen LogP contribution in [0.4, 0.5) is 5.69 Å². The molecule has 0 amide bonds. The van der Waals surface area contributed by atoms with Crippen molar-refractivity contribution < 1.29 is 4.57 Å². The zero-order valence-corrected chi connectivity index (χ0v) is 19.9. The van der Waals surface area contributed by atoms with Crippen molar-refractivity contribution in [3.63, 3.8) is 0 Å². The second-order valence-electron chi connectivity index (χ2n) is 8.59. The molecule has 0 bridgehead atoms. The largest absolute Gasteiger partial charge is 0.343 e. The lowest BCUT2D eigenvalue weighted by Gasteiger charge is -2.27. The number of aromatic nitrogens is 1. The van der Waals surface area contributed by atoms with E-state index in [2.05, 4.69) is 138 Å². The van der Waals surface area contributed by atoms with Gasteiger partial charge in [-0.3, -0.25) is 0 Å². The van der Waals surface area contributed by atoms with E-state index >= 15 is 0 Å². The van der Waals surface area contributed by atoms with Crippen molar-refractivity contribution in [2.75, 3.05) is 4.90 Å². The quantitative estimate of drug-likeness (QED) is 0.254. The zero-order valence-electron chi connectivity index (χ0n) is 19.1. The fourth-order valence-corrected chi connectivity index (χ4v) is 5.74. The molecule has 0 unspecified atom stereocenters. The molecule has 0 fully saturated rings. The van der Waals surface area contributed by atoms with Crippen molar-refractivity contribution in [1.29, 1.82) is 0 Å². The van der Waals surface area contributed by atoms with E-state index < -0.39 is 0 Å². The summed E-state index contributed by atoms with van der Waals surface area (Å²) >= 11 is 1.84. The van der Waals surface area contributed by atoms with Crippen molar-refractivity contribution in [2.45, 2.75) is 6.54 Å². The Bertz CT molecular complexity index is 1530. The minimum absolute atomic E-state index is 0.862. The highest BCUT2D eigenvalue weighted by molar-refractivity contribution is 7.19. The average Bonchev–Trinajstić information content (AvgIpc) is 3.21. The molecule has 0 atom stereocenters. The highest BCUT2D eigenvalue weighted by atomic mass is 32.1. The first kappa shape index (κ1) is 20.6. The standard InChI is InChI=1S/C31H25N2S/c1-32-29-17-16-25(24-12-6-3-7-13-24)20-30(29)34-31(32)21-26-18-19-33(22-23-10-4-2-5-11-23)28-15-9-8-14-27(26)28/h2-21H,22H2,1H3/q+1. The third-order valence-electron chi connectivity index (χ3n) is 6.41. The maximum Gasteiger partial charge on any atom is 0.263 e. The van der Waals surface area contributed by atoms with Gasteiger partial charge >= 0.3 is 0 Å². The molecule has 5 aromatic rings. The number of benzene rings is 4. The van der Waals surface area contributed by atoms with Crippen molar-refractivity contribution >= 4 is 38.9 Å². The zero-order chi connectivity index (χ0) is 22.9. The van der Waals surface area contributed by atoms with E-state index in [-0.39, 0.29) is 0 Å². The van der Waals surface area contributed by atoms with Gasteiger partial charge in [-0.2, -0.15) is 4.57 Å². The monoisotopic (exact) mass is 457 g/mol. The number of fused-ring (bicyclic) bond motifs is 2. The van der Waals surface area contributed by atoms with Gasteiger partial charge < -0.3 is 4.90 Å². The molecular formula is C31H25N2S+. The van der Waals surface area contributed by atoms with Gasteiger partial charge in [0, 0.05) is 36.1 Å². The van der Waals surface area contributed by atoms with Crippen LogP contribution < -0.4 is 9.47 Å². The molecule has 2 nitrogen and oxygen atoms in total. The van der Waals surface area contributed by atoms with Gasteiger partial charge in [-0.05, 0) is 46.5 Å². The first-order valence-corrected chi connectivity index (χ1v) is 12.4. The van der Waals surface area contributed by atoms with Crippen LogP contribution in [0, 0.1) is 0 Å². The third kappa shape index (κ3) is 3.85. The molecule has 3 heteroatoms. The number of hydrogen-bond donors (Lipinski definition) is 0. The van der Waals surface area contributed by atoms with Gasteiger partial charge in [0.1, 0.15) is 11.7 Å². The summed E-state index contributed by atoms with van der Waals surface area (Å²) in [6.07, 6.45) is 6.77. The van der Waals surface area contributed by atoms with Gasteiger partial charge in [0.2, 0.25) is 5.52 Å². The van der Waals surface area contributed by atoms with E-state index in [0.717, 1.165) is 6.54 Å². The number of rotatable bonds is 4. The first-order chi connectivity index (χ1) is 16.8. The average molecular weight is 458 g/mol. The molecule has 0 spiro atoms. The van der Waals surface area contributed by atoms with Gasteiger partial charge in [0.15, 0.2) is 0 Å². The minimum atomic E-state index is 0.862. The lowest BCUT2D eigenvalue weighted by Crippen LogP contribution is -2.29. The Morgan fingerprint density at radius 3 is 2.35 bits per heavy atom. The summed E-state index contributed by atoms with van der Waals surface area (Å²) in [7, 11) is 2.16. The lowest BCUT2D eigenvalue weighted by atomic mass is 9.99. The third-order valence-corrected chi connectivity index (χ3v) is 7.55. The molecule has 164 valence electrons. The maximum absolute atomic E-state index is 2.33. The number of para-hydroxylation sites is 1. The molecule has 1 aliphatic rings. The van der Waals surface area contributed by atoms with Gasteiger partial charge in [0.05, 0.1) is 0 Å². The second-order valence-corrected chi connectivity index (χ2v) is 9.66. The van der Waals surface area contributed by atoms with Gasteiger partial charge in [-0.25, -0.2) is 0 Å². The molecule has 2 heterocycles. The highest BCUT2D eigenvalue weighted by Gasteiger charge is 2.20. The summed E-state index contributed by atoms with van der Waals surface area (Å²) < 4.78 is 3.60. The summed E-state index contributed by atoms with van der Waals surface area (Å²) in [5, 5.41) is 1.24. The summed E-state index contributed by atoms with van der Waals surface area (Å²) in [6.45, 7) is 0.862. The Morgan fingerprint density at radius 2 is 1.53 bits per heavy atom. The van der Waals surface area contributed by atoms with Crippen molar-refractivity contribution in [1.82, 2.24) is 0 Å². The lowest BCUT2D eigenvalue weighted by molar-refractivity contribution is -0.642. The van der Waals surface area contributed by atoms with Crippen LogP contribution in [0.25, 0.3) is 33.0 Å². The highest BCUT2D eigenvalue weighted by Crippen LogP contribution is 2.36. The molecule has 4 aromatic carbocycles. The Balaban J connectivity index is 1.38. The molecule has 0 saturated heterocycles. The summed E-state index contributed by atoms with van der Waals surface area (Å²) in [4.78, 5) is 2.33. The minimum Gasteiger partial charge on any atom is -0.343 e. The predicted molar refractivity (Wildman–Crippen MR) is 145 cm³/mol. The van der Waals surface area contributed by atoms with Crippen LogP contribution in [0.5, 0.6) is 0 Å². The Kier molecular flexibility index (Phi) is 5.32. The maximum atomic E-state index is 2.33. The topological polar surface area (TPSA) is 7.12 Å². The number of thiazole rings is 1. The van der Waals surface area contributed by atoms with Crippen molar-refractivity contribution in [3.05, 3.63) is 132 Å². The summed E-state index contributed by atoms with van der Waals surface area (Å²) in [5.74, 6) is 0. The van der Waals surface area contributed by atoms with E-state index in [0.29, 0.717) is 0 Å². The van der Waals surface area contributed by atoms with Crippen LogP contribution in [0.1, 0.15) is 16.1 Å². The molecule has 6 rings (SSSR count). The molecule has 0 saturated carbocycles. The van der Waals surface area contributed by atoms with E-state index in [4.69, 9.17) is 0 Å². The van der Waals surface area contributed by atoms with Crippen LogP contribution in [-0.4, -0.2) is 0 Å². The molecule has 1 aliphatic heterocycles. The van der Waals surface area contributed by atoms with Gasteiger partial charge in [-0.15, -0.1) is 0 Å². The molecule has 0 aliphatic carbocycles. The molecule has 0 N–H and O–H groups in total. The van der Waals surface area contributed by atoms with E-state index in [1.807, 2.05) is 11.3 Å². The second kappa shape index (κ2) is 8.77. The van der Waals surface area contributed by atoms with Crippen LogP contribution in [-0.2, 0) is 13.6 Å². The fraction of sp³-hybridized carbons (Fsp3) is 0.0645. The Labute approximate surface area is 204 Å². The number of hydrogen-bond acceptors (Lipinski definition) is 2. The summed E-state index contributed by atoms with van der Waals surface area (Å²) in [5.41, 5.74) is 8.83. The van der Waals surface area contributed by atoms with Crippen molar-refractivity contribution in [2.24, 2.45) is 7.05 Å². The Morgan fingerprint density at radius 1 is 0.794 bits per heavy atom. The number of allylic oxidation sites excluding steroid dienone is 2. The van der Waals surface area contributed by atoms with Crippen molar-refractivity contribution in [3.8, 4) is 11.1 Å². The molecule has 0 radical (unpaired) electrons. The van der Waals surface area contributed by atoms with Crippen LogP contribution in [0.15, 0.2) is 115 Å². The smallest absolute Gasteiger partial charge is 0.263 e. The van der Waals surface area contributed by atoms with Gasteiger partial charge in [-0.1, -0.05) is 90.2 Å². The Hall–Kier alpha value is -3.95. The van der Waals surface area contributed by atoms with E-state index in [1.54, 1.807) is 0 Å². The SMILES string of the molecule is C[n+]1c(C=C2C=CN(Cc3ccccc3)c3ccccc32)sc2cc(-c3ccccc3)ccc21. The van der Waals surface area contributed by atoms with E-state index in [1.165, 1.54) is 48.7 Å². The van der Waals surface area contributed by atoms with Crippen LogP contribution >= 0.6 is 11.3 Å². The predicted octanol–water partition coefficient (Wildman–Crippen LogP) is 7.47. The summed E-state index contributed by atoms with van der Waals surface area (Å²) in [6, 6.07) is 36.7. The van der Waals surface area contributed by atoms with E-state index in [9.17, 15) is 0 Å². The molecule has 34 heavy (non-hydrogen) atoms. The molecular weight excluding hydrogens is 432 g/mol. The van der Waals surface area contributed by atoms with Gasteiger partial charge in [0.25, 0.3) is 5.01 Å². The molecule has 1 aromatic heterocycles. The van der Waals surface area contributed by atoms with Crippen LogP contribution in [0.2, 0.25) is 0 Å². The first-order valence-electron chi connectivity index (χ1n) is 11.5.